The largest absolute Gasteiger partial charge is 0.494 e. The molecule has 1 heterocycles. The number of amides is 1. The zero-order valence-electron chi connectivity index (χ0n) is 15.9. The predicted molar refractivity (Wildman–Crippen MR) is 110 cm³/mol. The first-order valence-electron chi connectivity index (χ1n) is 9.29. The van der Waals surface area contributed by atoms with Crippen molar-refractivity contribution in [3.8, 4) is 5.75 Å². The highest BCUT2D eigenvalue weighted by Gasteiger charge is 2.26. The third-order valence-corrected chi connectivity index (χ3v) is 5.50. The topological polar surface area (TPSA) is 58.2 Å². The summed E-state index contributed by atoms with van der Waals surface area (Å²) in [6.45, 7) is 7.97. The number of hydrogen-bond acceptors (Lipinski definition) is 4. The molecule has 142 valence electrons. The molecule has 0 spiro atoms. The highest BCUT2D eigenvalue weighted by Crippen LogP contribution is 2.36. The number of carbonyl (C=O) groups excluding carboxylic acids is 1. The number of aromatic nitrogens is 2. The van der Waals surface area contributed by atoms with Crippen LogP contribution in [0.15, 0.2) is 53.7 Å². The number of aromatic amines is 1. The highest BCUT2D eigenvalue weighted by molar-refractivity contribution is 8.00. The number of thioether (sulfide) groups is 1. The van der Waals surface area contributed by atoms with E-state index in [1.807, 2.05) is 74.2 Å². The lowest BCUT2D eigenvalue weighted by atomic mass is 10.1. The second-order valence-electron chi connectivity index (χ2n) is 6.07. The number of imidazole rings is 1. The molecule has 0 fully saturated rings. The number of nitrogens with zero attached hydrogens (tertiary/aromatic N) is 2. The van der Waals surface area contributed by atoms with E-state index in [-0.39, 0.29) is 11.2 Å². The highest BCUT2D eigenvalue weighted by atomic mass is 32.2. The number of rotatable bonds is 8. The van der Waals surface area contributed by atoms with E-state index in [0.717, 1.165) is 27.5 Å². The van der Waals surface area contributed by atoms with Crippen LogP contribution in [0.1, 0.15) is 31.6 Å². The first-order valence-corrected chi connectivity index (χ1v) is 10.2. The zero-order valence-corrected chi connectivity index (χ0v) is 16.8. The minimum Gasteiger partial charge on any atom is -0.494 e. The Morgan fingerprint density at radius 1 is 1.15 bits per heavy atom. The third-order valence-electron chi connectivity index (χ3n) is 4.37. The average molecular weight is 384 g/mol. The van der Waals surface area contributed by atoms with Crippen molar-refractivity contribution in [3.05, 3.63) is 54.1 Å². The van der Waals surface area contributed by atoms with E-state index in [1.54, 1.807) is 0 Å². The quantitative estimate of drug-likeness (QED) is 0.575. The van der Waals surface area contributed by atoms with Crippen molar-refractivity contribution in [2.24, 2.45) is 0 Å². The van der Waals surface area contributed by atoms with Gasteiger partial charge in [0.05, 0.1) is 17.6 Å². The standard InChI is InChI=1S/C21H25N3O2S/c1-4-24(5-2)20(25)19(15-10-8-7-9-11-15)27-21-22-17-13-12-16(26-6-3)14-18(17)23-21/h7-14,19H,4-6H2,1-3H3,(H,22,23)/t19-/m0/s1. The van der Waals surface area contributed by atoms with Crippen LogP contribution in [0.2, 0.25) is 0 Å². The Balaban J connectivity index is 1.91. The van der Waals surface area contributed by atoms with Crippen molar-refractivity contribution in [2.75, 3.05) is 19.7 Å². The van der Waals surface area contributed by atoms with Gasteiger partial charge in [0.25, 0.3) is 0 Å². The van der Waals surface area contributed by atoms with Gasteiger partial charge < -0.3 is 14.6 Å². The summed E-state index contributed by atoms with van der Waals surface area (Å²) in [5, 5.41) is 0.394. The monoisotopic (exact) mass is 383 g/mol. The summed E-state index contributed by atoms with van der Waals surface area (Å²) in [6.07, 6.45) is 0. The Kier molecular flexibility index (Phi) is 6.40. The van der Waals surface area contributed by atoms with Gasteiger partial charge in [0.2, 0.25) is 5.91 Å². The molecule has 3 aromatic rings. The Hall–Kier alpha value is -2.47. The Morgan fingerprint density at radius 2 is 1.89 bits per heavy atom. The van der Waals surface area contributed by atoms with Gasteiger partial charge >= 0.3 is 0 Å². The number of fused-ring (bicyclic) bond motifs is 1. The van der Waals surface area contributed by atoms with Crippen LogP contribution in [-0.2, 0) is 4.79 Å². The van der Waals surface area contributed by atoms with Gasteiger partial charge in [0, 0.05) is 19.2 Å². The molecule has 0 saturated carbocycles. The van der Waals surface area contributed by atoms with Gasteiger partial charge in [-0.15, -0.1) is 0 Å². The van der Waals surface area contributed by atoms with Gasteiger partial charge in [-0.05, 0) is 38.5 Å². The molecule has 0 aliphatic carbocycles. The summed E-state index contributed by atoms with van der Waals surface area (Å²) in [5.41, 5.74) is 2.75. The lowest BCUT2D eigenvalue weighted by molar-refractivity contribution is -0.130. The molecule has 0 aliphatic heterocycles. The number of H-pyrrole nitrogens is 1. The maximum absolute atomic E-state index is 13.1. The van der Waals surface area contributed by atoms with Crippen LogP contribution in [0.3, 0.4) is 0 Å². The van der Waals surface area contributed by atoms with E-state index >= 15 is 0 Å². The van der Waals surface area contributed by atoms with Crippen LogP contribution in [0.4, 0.5) is 0 Å². The number of likely N-dealkylation sites (N-methyl/N-ethyl adjacent to an activating group) is 1. The van der Waals surface area contributed by atoms with E-state index in [0.29, 0.717) is 19.7 Å². The average Bonchev–Trinajstić information content (AvgIpc) is 3.10. The van der Waals surface area contributed by atoms with Gasteiger partial charge in [0.1, 0.15) is 11.0 Å². The van der Waals surface area contributed by atoms with Gasteiger partial charge in [-0.25, -0.2) is 4.98 Å². The van der Waals surface area contributed by atoms with Crippen LogP contribution < -0.4 is 4.74 Å². The normalized spacial score (nSPS) is 12.1. The van der Waals surface area contributed by atoms with E-state index in [2.05, 4.69) is 9.97 Å². The molecule has 1 N–H and O–H groups in total. The summed E-state index contributed by atoms with van der Waals surface area (Å²) in [6, 6.07) is 15.7. The summed E-state index contributed by atoms with van der Waals surface area (Å²) in [4.78, 5) is 22.9. The summed E-state index contributed by atoms with van der Waals surface area (Å²) in [7, 11) is 0. The number of nitrogens with one attached hydrogen (secondary N) is 1. The Morgan fingerprint density at radius 3 is 2.56 bits per heavy atom. The van der Waals surface area contributed by atoms with Crippen LogP contribution in [0.25, 0.3) is 11.0 Å². The molecule has 3 rings (SSSR count). The number of hydrogen-bond donors (Lipinski definition) is 1. The molecule has 6 heteroatoms. The minimum absolute atomic E-state index is 0.103. The lowest BCUT2D eigenvalue weighted by Gasteiger charge is -2.24. The Labute approximate surface area is 164 Å². The van der Waals surface area contributed by atoms with E-state index in [4.69, 9.17) is 4.74 Å². The predicted octanol–water partition coefficient (Wildman–Crippen LogP) is 4.66. The molecule has 0 aliphatic rings. The van der Waals surface area contributed by atoms with Crippen LogP contribution in [0.5, 0.6) is 5.75 Å². The molecular weight excluding hydrogens is 358 g/mol. The first-order chi connectivity index (χ1) is 13.2. The fraction of sp³-hybridized carbons (Fsp3) is 0.333. The number of carbonyl (C=O) groups is 1. The van der Waals surface area contributed by atoms with Crippen LogP contribution in [-0.4, -0.2) is 40.5 Å². The molecule has 0 saturated heterocycles. The lowest BCUT2D eigenvalue weighted by Crippen LogP contribution is -2.33. The second kappa shape index (κ2) is 8.95. The molecule has 1 amide bonds. The van der Waals surface area contributed by atoms with E-state index in [9.17, 15) is 4.79 Å². The zero-order chi connectivity index (χ0) is 19.2. The molecule has 2 aromatic carbocycles. The summed E-state index contributed by atoms with van der Waals surface area (Å²) >= 11 is 1.46. The van der Waals surface area contributed by atoms with Gasteiger partial charge in [-0.2, -0.15) is 0 Å². The van der Waals surface area contributed by atoms with Crippen molar-refractivity contribution >= 4 is 28.7 Å². The first kappa shape index (κ1) is 19.3. The van der Waals surface area contributed by atoms with Crippen LogP contribution in [0, 0.1) is 0 Å². The van der Waals surface area contributed by atoms with Crippen molar-refractivity contribution < 1.29 is 9.53 Å². The molecule has 5 nitrogen and oxygen atoms in total. The van der Waals surface area contributed by atoms with Crippen molar-refractivity contribution in [2.45, 2.75) is 31.2 Å². The van der Waals surface area contributed by atoms with E-state index < -0.39 is 0 Å². The van der Waals surface area contributed by atoms with Crippen molar-refractivity contribution in [1.82, 2.24) is 14.9 Å². The molecule has 0 unspecified atom stereocenters. The van der Waals surface area contributed by atoms with E-state index in [1.165, 1.54) is 11.8 Å². The van der Waals surface area contributed by atoms with Crippen molar-refractivity contribution in [1.29, 1.82) is 0 Å². The van der Waals surface area contributed by atoms with Gasteiger partial charge in [-0.3, -0.25) is 4.79 Å². The smallest absolute Gasteiger partial charge is 0.240 e. The molecule has 27 heavy (non-hydrogen) atoms. The molecular formula is C21H25N3O2S. The SMILES string of the molecule is CCOc1ccc2nc(S[C@H](C(=O)N(CC)CC)c3ccccc3)[nH]c2c1. The maximum atomic E-state index is 13.1. The fourth-order valence-electron chi connectivity index (χ4n) is 2.98. The number of benzene rings is 2. The van der Waals surface area contributed by atoms with Crippen molar-refractivity contribution in [3.63, 3.8) is 0 Å². The second-order valence-corrected chi connectivity index (χ2v) is 7.17. The molecule has 0 bridgehead atoms. The van der Waals surface area contributed by atoms with Gasteiger partial charge in [0.15, 0.2) is 5.16 Å². The van der Waals surface area contributed by atoms with Gasteiger partial charge in [-0.1, -0.05) is 42.1 Å². The minimum atomic E-state index is -0.335. The number of ether oxygens (including phenoxy) is 1. The summed E-state index contributed by atoms with van der Waals surface area (Å²) < 4.78 is 5.56. The molecule has 0 radical (unpaired) electrons. The Bertz CT molecular complexity index is 891. The maximum Gasteiger partial charge on any atom is 0.240 e. The fourth-order valence-corrected chi connectivity index (χ4v) is 4.07. The summed E-state index contributed by atoms with van der Waals surface area (Å²) in [5.74, 6) is 0.913. The molecule has 1 atom stereocenters. The van der Waals surface area contributed by atoms with Crippen LogP contribution >= 0.6 is 11.8 Å². The third kappa shape index (κ3) is 4.45. The molecule has 1 aromatic heterocycles.